The fourth-order valence-electron chi connectivity index (χ4n) is 2.41. The van der Waals surface area contributed by atoms with E-state index in [0.717, 1.165) is 17.8 Å². The van der Waals surface area contributed by atoms with Gasteiger partial charge in [-0.05, 0) is 47.2 Å². The van der Waals surface area contributed by atoms with E-state index in [1.807, 2.05) is 55.5 Å². The maximum Gasteiger partial charge on any atom is 0.346 e. The molecule has 27 heavy (non-hydrogen) atoms. The van der Waals surface area contributed by atoms with Gasteiger partial charge in [-0.3, -0.25) is 0 Å². The number of hydrogen-bond acceptors (Lipinski definition) is 6. The molecule has 0 saturated carbocycles. The van der Waals surface area contributed by atoms with Crippen LogP contribution >= 0.6 is 12.4 Å². The van der Waals surface area contributed by atoms with Crippen molar-refractivity contribution in [3.05, 3.63) is 54.1 Å². The van der Waals surface area contributed by atoms with E-state index in [-0.39, 0.29) is 18.4 Å². The van der Waals surface area contributed by atoms with E-state index in [1.54, 1.807) is 4.68 Å². The standard InChI is InChI=1S/C19H23N5O2.ClH/c1-4-25-18-12-15(13-20-14(2)3)10-11-17(18)26-19-21-22-23-24(19)16-8-6-5-7-9-16;/h5-12,14,20H,4,13H2,1-3H3;1H. The third-order valence-corrected chi connectivity index (χ3v) is 3.67. The van der Waals surface area contributed by atoms with E-state index >= 15 is 0 Å². The van der Waals surface area contributed by atoms with Crippen molar-refractivity contribution in [1.82, 2.24) is 25.5 Å². The molecule has 3 rings (SSSR count). The number of ether oxygens (including phenoxy) is 2. The summed E-state index contributed by atoms with van der Waals surface area (Å²) in [6, 6.07) is 16.2. The third-order valence-electron chi connectivity index (χ3n) is 3.67. The van der Waals surface area contributed by atoms with E-state index in [2.05, 4.69) is 34.7 Å². The van der Waals surface area contributed by atoms with Gasteiger partial charge in [-0.25, -0.2) is 0 Å². The number of tetrazole rings is 1. The number of halogens is 1. The molecule has 0 saturated heterocycles. The lowest BCUT2D eigenvalue weighted by molar-refractivity contribution is 0.315. The van der Waals surface area contributed by atoms with Crippen LogP contribution in [0.25, 0.3) is 5.69 Å². The fraction of sp³-hybridized carbons (Fsp3) is 0.316. The minimum absolute atomic E-state index is 0. The molecule has 0 spiro atoms. The van der Waals surface area contributed by atoms with Gasteiger partial charge in [0.1, 0.15) is 0 Å². The molecule has 0 unspecified atom stereocenters. The van der Waals surface area contributed by atoms with Gasteiger partial charge in [0.05, 0.1) is 12.3 Å². The second-order valence-corrected chi connectivity index (χ2v) is 6.06. The number of hydrogen-bond donors (Lipinski definition) is 1. The number of benzene rings is 2. The van der Waals surface area contributed by atoms with Crippen molar-refractivity contribution in [3.63, 3.8) is 0 Å². The Morgan fingerprint density at radius 3 is 2.56 bits per heavy atom. The molecule has 3 aromatic rings. The lowest BCUT2D eigenvalue weighted by Crippen LogP contribution is -2.21. The minimum Gasteiger partial charge on any atom is -0.490 e. The molecule has 144 valence electrons. The molecule has 0 aliphatic carbocycles. The van der Waals surface area contributed by atoms with Crippen LogP contribution < -0.4 is 14.8 Å². The predicted molar refractivity (Wildman–Crippen MR) is 106 cm³/mol. The molecule has 0 fully saturated rings. The summed E-state index contributed by atoms with van der Waals surface area (Å²) >= 11 is 0. The number of para-hydroxylation sites is 1. The largest absolute Gasteiger partial charge is 0.490 e. The zero-order valence-electron chi connectivity index (χ0n) is 15.6. The monoisotopic (exact) mass is 389 g/mol. The quantitative estimate of drug-likeness (QED) is 0.632. The van der Waals surface area contributed by atoms with Crippen molar-refractivity contribution in [2.24, 2.45) is 0 Å². The average molecular weight is 390 g/mol. The Kier molecular flexibility index (Phi) is 7.57. The summed E-state index contributed by atoms with van der Waals surface area (Å²) in [5.74, 6) is 1.24. The Labute approximate surface area is 165 Å². The predicted octanol–water partition coefficient (Wildman–Crippen LogP) is 3.77. The van der Waals surface area contributed by atoms with Gasteiger partial charge in [-0.1, -0.05) is 43.2 Å². The second-order valence-electron chi connectivity index (χ2n) is 6.06. The molecule has 7 nitrogen and oxygen atoms in total. The van der Waals surface area contributed by atoms with Crippen LogP contribution in [0.1, 0.15) is 26.3 Å². The van der Waals surface area contributed by atoms with Gasteiger partial charge in [-0.2, -0.15) is 4.68 Å². The Morgan fingerprint density at radius 1 is 1.07 bits per heavy atom. The van der Waals surface area contributed by atoms with Gasteiger partial charge >= 0.3 is 6.01 Å². The first-order valence-corrected chi connectivity index (χ1v) is 8.68. The van der Waals surface area contributed by atoms with E-state index in [9.17, 15) is 0 Å². The van der Waals surface area contributed by atoms with Crippen LogP contribution in [0, 0.1) is 0 Å². The van der Waals surface area contributed by atoms with Crippen molar-refractivity contribution >= 4 is 12.4 Å². The highest BCUT2D eigenvalue weighted by atomic mass is 35.5. The molecule has 1 heterocycles. The number of nitrogens with one attached hydrogen (secondary N) is 1. The Morgan fingerprint density at radius 2 is 1.85 bits per heavy atom. The van der Waals surface area contributed by atoms with Gasteiger partial charge < -0.3 is 14.8 Å². The van der Waals surface area contributed by atoms with Crippen molar-refractivity contribution < 1.29 is 9.47 Å². The zero-order valence-corrected chi connectivity index (χ0v) is 16.4. The van der Waals surface area contributed by atoms with Gasteiger partial charge in [-0.15, -0.1) is 12.4 Å². The summed E-state index contributed by atoms with van der Waals surface area (Å²) < 4.78 is 13.2. The van der Waals surface area contributed by atoms with Crippen LogP contribution in [0.5, 0.6) is 17.5 Å². The summed E-state index contributed by atoms with van der Waals surface area (Å²) in [4.78, 5) is 0. The Balaban J connectivity index is 0.00000261. The highest BCUT2D eigenvalue weighted by Crippen LogP contribution is 2.32. The molecule has 8 heteroatoms. The Hall–Kier alpha value is -2.64. The topological polar surface area (TPSA) is 74.1 Å². The minimum atomic E-state index is 0. The molecule has 0 aliphatic heterocycles. The van der Waals surface area contributed by atoms with Gasteiger partial charge in [0.25, 0.3) is 0 Å². The molecule has 1 aromatic heterocycles. The van der Waals surface area contributed by atoms with Gasteiger partial charge in [0.2, 0.25) is 0 Å². The van der Waals surface area contributed by atoms with Crippen LogP contribution in [0.4, 0.5) is 0 Å². The normalized spacial score (nSPS) is 10.5. The van der Waals surface area contributed by atoms with Gasteiger partial charge in [0, 0.05) is 12.6 Å². The first-order chi connectivity index (χ1) is 12.7. The van der Waals surface area contributed by atoms with Gasteiger partial charge in [0.15, 0.2) is 11.5 Å². The van der Waals surface area contributed by atoms with Crippen molar-refractivity contribution in [2.45, 2.75) is 33.4 Å². The highest BCUT2D eigenvalue weighted by molar-refractivity contribution is 5.85. The van der Waals surface area contributed by atoms with E-state index < -0.39 is 0 Å². The van der Waals surface area contributed by atoms with Crippen molar-refractivity contribution in [3.8, 4) is 23.2 Å². The summed E-state index contributed by atoms with van der Waals surface area (Å²) in [5.41, 5.74) is 1.94. The summed E-state index contributed by atoms with van der Waals surface area (Å²) in [6.45, 7) is 7.48. The molecular formula is C19H24ClN5O2. The van der Waals surface area contributed by atoms with Crippen LogP contribution in [-0.4, -0.2) is 32.9 Å². The summed E-state index contributed by atoms with van der Waals surface area (Å²) in [7, 11) is 0. The number of nitrogens with zero attached hydrogens (tertiary/aromatic N) is 4. The first-order valence-electron chi connectivity index (χ1n) is 8.68. The molecule has 0 atom stereocenters. The molecule has 0 radical (unpaired) electrons. The molecule has 0 aliphatic rings. The van der Waals surface area contributed by atoms with Crippen molar-refractivity contribution in [1.29, 1.82) is 0 Å². The molecule has 1 N–H and O–H groups in total. The smallest absolute Gasteiger partial charge is 0.346 e. The first kappa shape index (κ1) is 20.7. The second kappa shape index (κ2) is 9.89. The van der Waals surface area contributed by atoms with Crippen LogP contribution in [-0.2, 0) is 6.54 Å². The van der Waals surface area contributed by atoms with Crippen LogP contribution in [0.2, 0.25) is 0 Å². The maximum absolute atomic E-state index is 5.95. The van der Waals surface area contributed by atoms with E-state index in [4.69, 9.17) is 9.47 Å². The lowest BCUT2D eigenvalue weighted by Gasteiger charge is -2.14. The molecular weight excluding hydrogens is 366 g/mol. The third kappa shape index (κ3) is 5.42. The molecule has 0 amide bonds. The molecule has 0 bridgehead atoms. The molecule has 2 aromatic carbocycles. The van der Waals surface area contributed by atoms with Crippen molar-refractivity contribution in [2.75, 3.05) is 6.61 Å². The zero-order chi connectivity index (χ0) is 18.4. The number of aromatic nitrogens is 4. The number of rotatable bonds is 8. The van der Waals surface area contributed by atoms with Crippen LogP contribution in [0.15, 0.2) is 48.5 Å². The summed E-state index contributed by atoms with van der Waals surface area (Å²) in [6.07, 6.45) is 0. The van der Waals surface area contributed by atoms with E-state index in [1.165, 1.54) is 0 Å². The summed E-state index contributed by atoms with van der Waals surface area (Å²) in [5, 5.41) is 15.1. The maximum atomic E-state index is 5.95. The lowest BCUT2D eigenvalue weighted by atomic mass is 10.2. The fourth-order valence-corrected chi connectivity index (χ4v) is 2.41. The average Bonchev–Trinajstić information content (AvgIpc) is 3.11. The van der Waals surface area contributed by atoms with Crippen LogP contribution in [0.3, 0.4) is 0 Å². The van der Waals surface area contributed by atoms with E-state index in [0.29, 0.717) is 24.1 Å². The SMILES string of the molecule is CCOc1cc(CNC(C)C)ccc1Oc1nnnn1-c1ccccc1.Cl. The Bertz CT molecular complexity index is 839. The highest BCUT2D eigenvalue weighted by Gasteiger charge is 2.14.